The van der Waals surface area contributed by atoms with E-state index in [1.165, 1.54) is 0 Å². The van der Waals surface area contributed by atoms with Crippen molar-refractivity contribution in [3.05, 3.63) is 46.3 Å². The highest BCUT2D eigenvalue weighted by atomic mass is 16.5. The fraction of sp³-hybridized carbons (Fsp3) is 0.350. The maximum Gasteiger partial charge on any atom is 0.355 e. The summed E-state index contributed by atoms with van der Waals surface area (Å²) in [6, 6.07) is 5.52. The van der Waals surface area contributed by atoms with Crippen molar-refractivity contribution in [2.24, 2.45) is 0 Å². The van der Waals surface area contributed by atoms with E-state index in [1.54, 1.807) is 38.7 Å². The number of fused-ring (bicyclic) bond motifs is 1. The normalized spacial score (nSPS) is 12.7. The lowest BCUT2D eigenvalue weighted by atomic mass is 10.1. The Hall–Kier alpha value is -3.09. The Balaban J connectivity index is 1.83. The van der Waals surface area contributed by atoms with E-state index in [9.17, 15) is 14.4 Å². The number of hydrogen-bond donors (Lipinski definition) is 2. The molecular weight excluding hydrogens is 346 g/mol. The summed E-state index contributed by atoms with van der Waals surface area (Å²) in [5.74, 6) is -0.757. The Bertz CT molecular complexity index is 930. The van der Waals surface area contributed by atoms with Gasteiger partial charge in [0.15, 0.2) is 0 Å². The van der Waals surface area contributed by atoms with Crippen LogP contribution in [0.5, 0.6) is 0 Å². The zero-order valence-corrected chi connectivity index (χ0v) is 15.9. The monoisotopic (exact) mass is 369 g/mol. The predicted octanol–water partition coefficient (Wildman–Crippen LogP) is 2.97. The number of benzene rings is 1. The molecule has 0 aliphatic carbocycles. The second kappa shape index (κ2) is 7.26. The Morgan fingerprint density at radius 3 is 2.67 bits per heavy atom. The number of nitrogens with zero attached hydrogens (tertiary/aromatic N) is 1. The van der Waals surface area contributed by atoms with Crippen molar-refractivity contribution < 1.29 is 19.1 Å². The summed E-state index contributed by atoms with van der Waals surface area (Å²) in [6.45, 7) is 7.67. The molecule has 0 saturated heterocycles. The number of aromatic amines is 1. The third kappa shape index (κ3) is 3.45. The minimum absolute atomic E-state index is 0.00982. The molecule has 0 fully saturated rings. The maximum atomic E-state index is 12.8. The number of esters is 1. The number of aryl methyl sites for hydroxylation is 1. The molecule has 2 amide bonds. The van der Waals surface area contributed by atoms with Gasteiger partial charge >= 0.3 is 5.97 Å². The number of nitrogens with one attached hydrogen (secondary N) is 2. The SMILES string of the molecule is CCOC(=O)c1[nH]c(C)c(C(=O)Nc2ccc3c(c2)CCN3C(C)=O)c1C. The van der Waals surface area contributed by atoms with Gasteiger partial charge in [-0.3, -0.25) is 9.59 Å². The molecule has 1 aromatic heterocycles. The lowest BCUT2D eigenvalue weighted by Crippen LogP contribution is -2.25. The number of carbonyl (C=O) groups is 3. The van der Waals surface area contributed by atoms with Gasteiger partial charge in [0, 0.05) is 30.5 Å². The number of amides is 2. The van der Waals surface area contributed by atoms with E-state index < -0.39 is 5.97 Å². The van der Waals surface area contributed by atoms with Crippen LogP contribution < -0.4 is 10.2 Å². The number of rotatable bonds is 4. The Kier molecular flexibility index (Phi) is 5.03. The molecule has 0 saturated carbocycles. The van der Waals surface area contributed by atoms with Gasteiger partial charge in [-0.05, 0) is 56.5 Å². The number of anilines is 2. The smallest absolute Gasteiger partial charge is 0.355 e. The fourth-order valence-electron chi connectivity index (χ4n) is 3.50. The number of H-pyrrole nitrogens is 1. The third-order valence-corrected chi connectivity index (χ3v) is 4.76. The second-order valence-corrected chi connectivity index (χ2v) is 6.56. The zero-order valence-electron chi connectivity index (χ0n) is 15.9. The molecule has 0 bridgehead atoms. The van der Waals surface area contributed by atoms with Crippen LogP contribution in [0.15, 0.2) is 18.2 Å². The van der Waals surface area contributed by atoms with E-state index >= 15 is 0 Å². The van der Waals surface area contributed by atoms with Crippen LogP contribution >= 0.6 is 0 Å². The molecular formula is C20H23N3O4. The first-order chi connectivity index (χ1) is 12.8. The average molecular weight is 369 g/mol. The van der Waals surface area contributed by atoms with E-state index in [4.69, 9.17) is 4.74 Å². The topological polar surface area (TPSA) is 91.5 Å². The van der Waals surface area contributed by atoms with Gasteiger partial charge in [-0.15, -0.1) is 0 Å². The van der Waals surface area contributed by atoms with Gasteiger partial charge in [-0.25, -0.2) is 4.79 Å². The first kappa shape index (κ1) is 18.7. The van der Waals surface area contributed by atoms with E-state index in [0.29, 0.717) is 34.7 Å². The summed E-state index contributed by atoms with van der Waals surface area (Å²) in [4.78, 5) is 41.1. The van der Waals surface area contributed by atoms with Crippen LogP contribution in [0.3, 0.4) is 0 Å². The zero-order chi connectivity index (χ0) is 19.7. The van der Waals surface area contributed by atoms with Crippen molar-refractivity contribution >= 4 is 29.2 Å². The molecule has 1 aliphatic heterocycles. The first-order valence-electron chi connectivity index (χ1n) is 8.92. The summed E-state index contributed by atoms with van der Waals surface area (Å²) in [5.41, 5.74) is 4.47. The molecule has 2 heterocycles. The van der Waals surface area contributed by atoms with Crippen molar-refractivity contribution in [3.63, 3.8) is 0 Å². The first-order valence-corrected chi connectivity index (χ1v) is 8.92. The maximum absolute atomic E-state index is 12.8. The van der Waals surface area contributed by atoms with Crippen LogP contribution in [-0.4, -0.2) is 35.9 Å². The van der Waals surface area contributed by atoms with Crippen molar-refractivity contribution in [1.29, 1.82) is 0 Å². The third-order valence-electron chi connectivity index (χ3n) is 4.76. The molecule has 0 atom stereocenters. The average Bonchev–Trinajstić information content (AvgIpc) is 3.15. The molecule has 1 aromatic carbocycles. The van der Waals surface area contributed by atoms with Gasteiger partial charge in [0.05, 0.1) is 12.2 Å². The summed E-state index contributed by atoms with van der Waals surface area (Å²) >= 11 is 0. The summed E-state index contributed by atoms with van der Waals surface area (Å²) < 4.78 is 5.02. The van der Waals surface area contributed by atoms with Crippen LogP contribution in [0.25, 0.3) is 0 Å². The van der Waals surface area contributed by atoms with Crippen molar-refractivity contribution in [3.8, 4) is 0 Å². The van der Waals surface area contributed by atoms with Gasteiger partial charge in [0.1, 0.15) is 5.69 Å². The molecule has 142 valence electrons. The van der Waals surface area contributed by atoms with Gasteiger partial charge in [-0.2, -0.15) is 0 Å². The molecule has 2 aromatic rings. The minimum Gasteiger partial charge on any atom is -0.461 e. The standard InChI is InChI=1S/C20H23N3O4/c1-5-27-20(26)18-11(2)17(12(3)21-18)19(25)22-15-6-7-16-14(10-15)8-9-23(16)13(4)24/h6-7,10,21H,5,8-9H2,1-4H3,(H,22,25). The van der Waals surface area contributed by atoms with E-state index in [2.05, 4.69) is 10.3 Å². The molecule has 2 N–H and O–H groups in total. The Morgan fingerprint density at radius 2 is 2.00 bits per heavy atom. The quantitative estimate of drug-likeness (QED) is 0.811. The molecule has 7 heteroatoms. The molecule has 1 aliphatic rings. The number of hydrogen-bond acceptors (Lipinski definition) is 4. The van der Waals surface area contributed by atoms with Gasteiger partial charge < -0.3 is 19.9 Å². The van der Waals surface area contributed by atoms with Crippen LogP contribution in [0.4, 0.5) is 11.4 Å². The Morgan fingerprint density at radius 1 is 1.26 bits per heavy atom. The molecule has 7 nitrogen and oxygen atoms in total. The molecule has 27 heavy (non-hydrogen) atoms. The highest BCUT2D eigenvalue weighted by molar-refractivity contribution is 6.08. The van der Waals surface area contributed by atoms with Crippen LogP contribution in [-0.2, 0) is 16.0 Å². The molecule has 0 spiro atoms. The number of carbonyl (C=O) groups excluding carboxylic acids is 3. The highest BCUT2D eigenvalue weighted by Crippen LogP contribution is 2.31. The Labute approximate surface area is 157 Å². The summed E-state index contributed by atoms with van der Waals surface area (Å²) in [5, 5.41) is 2.88. The van der Waals surface area contributed by atoms with E-state index in [0.717, 1.165) is 17.7 Å². The fourth-order valence-corrected chi connectivity index (χ4v) is 3.50. The molecule has 0 radical (unpaired) electrons. The summed E-state index contributed by atoms with van der Waals surface area (Å²) in [6.07, 6.45) is 0.758. The lowest BCUT2D eigenvalue weighted by molar-refractivity contribution is -0.116. The van der Waals surface area contributed by atoms with Gasteiger partial charge in [0.25, 0.3) is 5.91 Å². The van der Waals surface area contributed by atoms with Crippen LogP contribution in [0, 0.1) is 13.8 Å². The molecule has 3 rings (SSSR count). The summed E-state index contributed by atoms with van der Waals surface area (Å²) in [7, 11) is 0. The van der Waals surface area contributed by atoms with E-state index in [1.807, 2.05) is 12.1 Å². The molecule has 0 unspecified atom stereocenters. The van der Waals surface area contributed by atoms with E-state index in [-0.39, 0.29) is 18.4 Å². The van der Waals surface area contributed by atoms with Gasteiger partial charge in [0.2, 0.25) is 5.91 Å². The van der Waals surface area contributed by atoms with Gasteiger partial charge in [-0.1, -0.05) is 0 Å². The second-order valence-electron chi connectivity index (χ2n) is 6.56. The van der Waals surface area contributed by atoms with Crippen molar-refractivity contribution in [1.82, 2.24) is 4.98 Å². The predicted molar refractivity (Wildman–Crippen MR) is 102 cm³/mol. The van der Waals surface area contributed by atoms with Crippen molar-refractivity contribution in [2.75, 3.05) is 23.4 Å². The van der Waals surface area contributed by atoms with Crippen molar-refractivity contribution in [2.45, 2.75) is 34.1 Å². The number of aromatic nitrogens is 1. The minimum atomic E-state index is -0.473. The van der Waals surface area contributed by atoms with Crippen LogP contribution in [0.1, 0.15) is 51.5 Å². The van der Waals surface area contributed by atoms with Crippen LogP contribution in [0.2, 0.25) is 0 Å². The lowest BCUT2D eigenvalue weighted by Gasteiger charge is -2.15. The highest BCUT2D eigenvalue weighted by Gasteiger charge is 2.25. The number of ether oxygens (including phenoxy) is 1. The largest absolute Gasteiger partial charge is 0.461 e.